The molecule has 3 heteroatoms. The van der Waals surface area contributed by atoms with Gasteiger partial charge in [0, 0.05) is 43.1 Å². The quantitative estimate of drug-likeness (QED) is 0.917. The minimum atomic E-state index is 0.202. The fourth-order valence-electron chi connectivity index (χ4n) is 2.65. The third kappa shape index (κ3) is 2.77. The second kappa shape index (κ2) is 5.27. The Kier molecular flexibility index (Phi) is 3.49. The number of fused-ring (bicyclic) bond motifs is 1. The smallest absolute Gasteiger partial charge is 0.0483 e. The highest BCUT2D eigenvalue weighted by molar-refractivity contribution is 5.84. The van der Waals surface area contributed by atoms with Gasteiger partial charge >= 0.3 is 0 Å². The van der Waals surface area contributed by atoms with Crippen LogP contribution in [0.5, 0.6) is 0 Å². The zero-order valence-corrected chi connectivity index (χ0v) is 11.4. The lowest BCUT2D eigenvalue weighted by Gasteiger charge is -2.34. The lowest BCUT2D eigenvalue weighted by molar-refractivity contribution is 0.0446. The molecule has 3 nitrogen and oxygen atoms in total. The van der Waals surface area contributed by atoms with Gasteiger partial charge < -0.3 is 10.1 Å². The minimum absolute atomic E-state index is 0.202. The van der Waals surface area contributed by atoms with Crippen LogP contribution in [0.25, 0.3) is 10.8 Å². The Bertz CT molecular complexity index is 556. The van der Waals surface area contributed by atoms with Gasteiger partial charge in [-0.15, -0.1) is 0 Å². The molecule has 2 aromatic rings. The van der Waals surface area contributed by atoms with Crippen molar-refractivity contribution in [1.82, 2.24) is 10.3 Å². The van der Waals surface area contributed by atoms with Crippen molar-refractivity contribution in [2.45, 2.75) is 31.8 Å². The molecule has 0 saturated carbocycles. The van der Waals surface area contributed by atoms with Crippen LogP contribution in [-0.4, -0.2) is 23.7 Å². The number of rotatable bonds is 3. The molecular weight excluding hydrogens is 236 g/mol. The summed E-state index contributed by atoms with van der Waals surface area (Å²) in [7, 11) is 0. The van der Waals surface area contributed by atoms with Crippen LogP contribution in [0.4, 0.5) is 0 Å². The highest BCUT2D eigenvalue weighted by Gasteiger charge is 2.26. The summed E-state index contributed by atoms with van der Waals surface area (Å²) in [5.41, 5.74) is 1.54. The first-order chi connectivity index (χ1) is 9.27. The second-order valence-corrected chi connectivity index (χ2v) is 5.54. The van der Waals surface area contributed by atoms with Crippen LogP contribution in [-0.2, 0) is 11.3 Å². The highest BCUT2D eigenvalue weighted by atomic mass is 16.5. The van der Waals surface area contributed by atoms with Gasteiger partial charge in [-0.05, 0) is 36.8 Å². The minimum Gasteiger partial charge on any atom is -0.381 e. The average molecular weight is 256 g/mol. The van der Waals surface area contributed by atoms with E-state index in [2.05, 4.69) is 41.5 Å². The van der Waals surface area contributed by atoms with Crippen molar-refractivity contribution in [1.29, 1.82) is 0 Å². The molecule has 0 aliphatic carbocycles. The molecule has 0 atom stereocenters. The topological polar surface area (TPSA) is 34.2 Å². The monoisotopic (exact) mass is 256 g/mol. The predicted octanol–water partition coefficient (Wildman–Crippen LogP) is 2.89. The van der Waals surface area contributed by atoms with Gasteiger partial charge in [0.05, 0.1) is 0 Å². The summed E-state index contributed by atoms with van der Waals surface area (Å²) in [6, 6.07) is 8.51. The fraction of sp³-hybridized carbons (Fsp3) is 0.438. The van der Waals surface area contributed by atoms with Crippen LogP contribution in [0, 0.1) is 0 Å². The summed E-state index contributed by atoms with van der Waals surface area (Å²) in [5, 5.41) is 6.21. The van der Waals surface area contributed by atoms with Gasteiger partial charge in [-0.2, -0.15) is 0 Å². The average Bonchev–Trinajstić information content (AvgIpc) is 2.46. The van der Waals surface area contributed by atoms with Crippen molar-refractivity contribution in [2.75, 3.05) is 13.2 Å². The molecule has 1 aliphatic heterocycles. The summed E-state index contributed by atoms with van der Waals surface area (Å²) in [6.07, 6.45) is 5.95. The molecule has 1 aromatic heterocycles. The molecule has 0 unspecified atom stereocenters. The van der Waals surface area contributed by atoms with Crippen molar-refractivity contribution in [2.24, 2.45) is 0 Å². The third-order valence-electron chi connectivity index (χ3n) is 4.07. The van der Waals surface area contributed by atoms with Crippen LogP contribution in [0.2, 0.25) is 0 Å². The molecule has 1 fully saturated rings. The Morgan fingerprint density at radius 2 is 2.11 bits per heavy atom. The number of pyridine rings is 1. The molecule has 1 N–H and O–H groups in total. The van der Waals surface area contributed by atoms with Crippen molar-refractivity contribution in [3.05, 3.63) is 42.2 Å². The Balaban J connectivity index is 1.78. The standard InChI is InChI=1S/C16H20N2O/c1-16(6-9-19-10-7-16)18-12-14-4-2-3-13-11-17-8-5-15(13)14/h2-5,8,11,18H,6-7,9-10,12H2,1H3. The van der Waals surface area contributed by atoms with Gasteiger partial charge in [0.15, 0.2) is 0 Å². The van der Waals surface area contributed by atoms with E-state index in [1.54, 1.807) is 0 Å². The van der Waals surface area contributed by atoms with Gasteiger partial charge in [-0.1, -0.05) is 18.2 Å². The Morgan fingerprint density at radius 3 is 2.95 bits per heavy atom. The Morgan fingerprint density at radius 1 is 1.26 bits per heavy atom. The SMILES string of the molecule is CC1(NCc2cccc3cnccc23)CCOCC1. The van der Waals surface area contributed by atoms with Crippen LogP contribution in [0.3, 0.4) is 0 Å². The first-order valence-corrected chi connectivity index (χ1v) is 6.91. The van der Waals surface area contributed by atoms with Gasteiger partial charge in [0.1, 0.15) is 0 Å². The molecule has 0 bridgehead atoms. The number of nitrogens with zero attached hydrogens (tertiary/aromatic N) is 1. The number of ether oxygens (including phenoxy) is 1. The van der Waals surface area contributed by atoms with Crippen molar-refractivity contribution in [3.8, 4) is 0 Å². The molecule has 2 heterocycles. The summed E-state index contributed by atoms with van der Waals surface area (Å²) < 4.78 is 5.44. The lowest BCUT2D eigenvalue weighted by Crippen LogP contribution is -2.46. The van der Waals surface area contributed by atoms with E-state index < -0.39 is 0 Å². The summed E-state index contributed by atoms with van der Waals surface area (Å²) in [4.78, 5) is 4.18. The number of hydrogen-bond donors (Lipinski definition) is 1. The van der Waals surface area contributed by atoms with Crippen LogP contribution in [0.15, 0.2) is 36.7 Å². The molecule has 0 spiro atoms. The highest BCUT2D eigenvalue weighted by Crippen LogP contribution is 2.22. The molecule has 0 radical (unpaired) electrons. The second-order valence-electron chi connectivity index (χ2n) is 5.54. The number of aromatic nitrogens is 1. The number of hydrogen-bond acceptors (Lipinski definition) is 3. The molecule has 3 rings (SSSR count). The van der Waals surface area contributed by atoms with E-state index in [9.17, 15) is 0 Å². The van der Waals surface area contributed by atoms with Crippen molar-refractivity contribution < 1.29 is 4.74 Å². The van der Waals surface area contributed by atoms with E-state index in [4.69, 9.17) is 4.74 Å². The zero-order chi connectivity index (χ0) is 13.1. The van der Waals surface area contributed by atoms with E-state index >= 15 is 0 Å². The lowest BCUT2D eigenvalue weighted by atomic mass is 9.92. The van der Waals surface area contributed by atoms with Crippen molar-refractivity contribution in [3.63, 3.8) is 0 Å². The largest absolute Gasteiger partial charge is 0.381 e. The molecule has 0 amide bonds. The first-order valence-electron chi connectivity index (χ1n) is 6.91. The van der Waals surface area contributed by atoms with E-state index in [1.165, 1.54) is 16.3 Å². The maximum Gasteiger partial charge on any atom is 0.0483 e. The molecular formula is C16H20N2O. The van der Waals surface area contributed by atoms with Gasteiger partial charge in [-0.3, -0.25) is 4.98 Å². The molecule has 1 aliphatic rings. The molecule has 1 saturated heterocycles. The van der Waals surface area contributed by atoms with E-state index in [0.29, 0.717) is 0 Å². The summed E-state index contributed by atoms with van der Waals surface area (Å²) in [5.74, 6) is 0. The van der Waals surface area contributed by atoms with Crippen LogP contribution >= 0.6 is 0 Å². The van der Waals surface area contributed by atoms with Gasteiger partial charge in [0.2, 0.25) is 0 Å². The molecule has 19 heavy (non-hydrogen) atoms. The van der Waals surface area contributed by atoms with Gasteiger partial charge in [-0.25, -0.2) is 0 Å². The maximum atomic E-state index is 5.44. The number of nitrogens with one attached hydrogen (secondary N) is 1. The zero-order valence-electron chi connectivity index (χ0n) is 11.4. The van der Waals surface area contributed by atoms with Crippen molar-refractivity contribution >= 4 is 10.8 Å². The predicted molar refractivity (Wildman–Crippen MR) is 77.0 cm³/mol. The Hall–Kier alpha value is -1.45. The molecule has 100 valence electrons. The van der Waals surface area contributed by atoms with Gasteiger partial charge in [0.25, 0.3) is 0 Å². The van der Waals surface area contributed by atoms with E-state index in [-0.39, 0.29) is 5.54 Å². The first kappa shape index (κ1) is 12.6. The maximum absolute atomic E-state index is 5.44. The summed E-state index contributed by atoms with van der Waals surface area (Å²) >= 11 is 0. The number of benzene rings is 1. The summed E-state index contributed by atoms with van der Waals surface area (Å²) in [6.45, 7) is 4.92. The van der Waals surface area contributed by atoms with Crippen LogP contribution in [0.1, 0.15) is 25.3 Å². The van der Waals surface area contributed by atoms with Crippen LogP contribution < -0.4 is 5.32 Å². The normalized spacial score (nSPS) is 18.6. The van der Waals surface area contributed by atoms with E-state index in [0.717, 1.165) is 32.6 Å². The molecule has 1 aromatic carbocycles. The third-order valence-corrected chi connectivity index (χ3v) is 4.07. The fourth-order valence-corrected chi connectivity index (χ4v) is 2.65. The van der Waals surface area contributed by atoms with E-state index in [1.807, 2.05) is 12.4 Å². The Labute approximate surface area is 114 Å².